The second kappa shape index (κ2) is 5.39. The van der Waals surface area contributed by atoms with Gasteiger partial charge in [-0.2, -0.15) is 0 Å². The summed E-state index contributed by atoms with van der Waals surface area (Å²) in [4.78, 5) is 10.1. The van der Waals surface area contributed by atoms with Crippen molar-refractivity contribution in [2.75, 3.05) is 5.73 Å². The maximum Gasteiger partial charge on any atom is 0.292 e. The van der Waals surface area contributed by atoms with Crippen LogP contribution in [0.5, 0.6) is 5.75 Å². The van der Waals surface area contributed by atoms with E-state index in [4.69, 9.17) is 10.5 Å². The van der Waals surface area contributed by atoms with Gasteiger partial charge in [-0.05, 0) is 42.3 Å². The van der Waals surface area contributed by atoms with Crippen molar-refractivity contribution in [3.63, 3.8) is 0 Å². The second-order valence-electron chi connectivity index (χ2n) is 4.26. The number of nitrogens with zero attached hydrogens (tertiary/aromatic N) is 1. The zero-order chi connectivity index (χ0) is 13.8. The van der Waals surface area contributed by atoms with Gasteiger partial charge in [0.25, 0.3) is 5.69 Å². The van der Waals surface area contributed by atoms with Crippen molar-refractivity contribution in [3.8, 4) is 5.75 Å². The summed E-state index contributed by atoms with van der Waals surface area (Å²) in [6.45, 7) is 2.31. The number of aryl methyl sites for hydroxylation is 1. The highest BCUT2D eigenvalue weighted by atomic mass is 16.6. The van der Waals surface area contributed by atoms with E-state index in [1.807, 2.05) is 31.2 Å². The fraction of sp³-hybridized carbons (Fsp3) is 0.143. The third-order valence-electron chi connectivity index (χ3n) is 2.68. The van der Waals surface area contributed by atoms with Gasteiger partial charge in [-0.25, -0.2) is 0 Å². The van der Waals surface area contributed by atoms with Crippen LogP contribution in [0, 0.1) is 17.0 Å². The van der Waals surface area contributed by atoms with E-state index in [2.05, 4.69) is 0 Å². The van der Waals surface area contributed by atoms with Gasteiger partial charge in [0.15, 0.2) is 0 Å². The van der Waals surface area contributed by atoms with Crippen LogP contribution in [0.3, 0.4) is 0 Å². The van der Waals surface area contributed by atoms with Crippen molar-refractivity contribution in [2.45, 2.75) is 13.5 Å². The number of benzene rings is 2. The Balaban J connectivity index is 2.08. The molecule has 0 saturated carbocycles. The number of nitrogens with two attached hydrogens (primary N) is 1. The highest BCUT2D eigenvalue weighted by Gasteiger charge is 2.11. The van der Waals surface area contributed by atoms with Gasteiger partial charge < -0.3 is 10.5 Å². The van der Waals surface area contributed by atoms with Crippen molar-refractivity contribution in [2.24, 2.45) is 0 Å². The highest BCUT2D eigenvalue weighted by Crippen LogP contribution is 2.23. The second-order valence-corrected chi connectivity index (χ2v) is 4.26. The van der Waals surface area contributed by atoms with Crippen LogP contribution in [0.2, 0.25) is 0 Å². The van der Waals surface area contributed by atoms with Crippen molar-refractivity contribution in [3.05, 3.63) is 63.7 Å². The van der Waals surface area contributed by atoms with Crippen LogP contribution in [-0.2, 0) is 6.61 Å². The molecule has 5 heteroatoms. The lowest BCUT2D eigenvalue weighted by Gasteiger charge is -2.07. The molecule has 0 aliphatic rings. The first kappa shape index (κ1) is 12.9. The molecule has 2 rings (SSSR count). The standard InChI is InChI=1S/C14H14N2O3/c1-10-3-2-4-12(7-10)19-9-11-5-6-14(16(17)18)13(15)8-11/h2-8H,9,15H2,1H3. The molecule has 0 amide bonds. The molecule has 2 N–H and O–H groups in total. The molecule has 0 aliphatic heterocycles. The average molecular weight is 258 g/mol. The Morgan fingerprint density at radius 2 is 2.05 bits per heavy atom. The molecule has 0 spiro atoms. The number of ether oxygens (including phenoxy) is 1. The van der Waals surface area contributed by atoms with Gasteiger partial charge in [-0.3, -0.25) is 10.1 Å². The summed E-state index contributed by atoms with van der Waals surface area (Å²) in [5, 5.41) is 10.6. The van der Waals surface area contributed by atoms with E-state index in [0.717, 1.165) is 16.9 Å². The molecule has 0 atom stereocenters. The van der Waals surface area contributed by atoms with Crippen molar-refractivity contribution >= 4 is 11.4 Å². The molecule has 0 fully saturated rings. The van der Waals surface area contributed by atoms with Gasteiger partial charge in [0.1, 0.15) is 18.0 Å². The number of nitrogen functional groups attached to an aromatic ring is 1. The maximum atomic E-state index is 10.6. The summed E-state index contributed by atoms with van der Waals surface area (Å²) in [6.07, 6.45) is 0. The first-order valence-electron chi connectivity index (χ1n) is 5.78. The number of nitro groups is 1. The van der Waals surface area contributed by atoms with E-state index < -0.39 is 4.92 Å². The minimum Gasteiger partial charge on any atom is -0.489 e. The van der Waals surface area contributed by atoms with E-state index in [9.17, 15) is 10.1 Å². The minimum atomic E-state index is -0.499. The van der Waals surface area contributed by atoms with Gasteiger partial charge >= 0.3 is 0 Å². The molecule has 0 saturated heterocycles. The van der Waals surface area contributed by atoms with Crippen LogP contribution in [0.25, 0.3) is 0 Å². The lowest BCUT2D eigenvalue weighted by atomic mass is 10.2. The summed E-state index contributed by atoms with van der Waals surface area (Å²) >= 11 is 0. The van der Waals surface area contributed by atoms with Gasteiger partial charge in [-0.1, -0.05) is 12.1 Å². The number of anilines is 1. The number of hydrogen-bond donors (Lipinski definition) is 1. The van der Waals surface area contributed by atoms with E-state index in [0.29, 0.717) is 6.61 Å². The minimum absolute atomic E-state index is 0.0840. The summed E-state index contributed by atoms with van der Waals surface area (Å²) in [5.41, 5.74) is 7.59. The first-order chi connectivity index (χ1) is 9.06. The van der Waals surface area contributed by atoms with Crippen LogP contribution in [0.1, 0.15) is 11.1 Å². The van der Waals surface area contributed by atoms with Gasteiger partial charge in [0.05, 0.1) is 4.92 Å². The summed E-state index contributed by atoms with van der Waals surface area (Å²) in [5.74, 6) is 0.761. The molecule has 98 valence electrons. The molecule has 0 aliphatic carbocycles. The normalized spacial score (nSPS) is 10.2. The van der Waals surface area contributed by atoms with Crippen LogP contribution < -0.4 is 10.5 Å². The molecule has 5 nitrogen and oxygen atoms in total. The smallest absolute Gasteiger partial charge is 0.292 e. The zero-order valence-electron chi connectivity index (χ0n) is 10.5. The lowest BCUT2D eigenvalue weighted by molar-refractivity contribution is -0.383. The largest absolute Gasteiger partial charge is 0.489 e. The Bertz CT molecular complexity index is 611. The van der Waals surface area contributed by atoms with Crippen molar-refractivity contribution in [1.82, 2.24) is 0 Å². The Morgan fingerprint density at radius 1 is 1.26 bits per heavy atom. The summed E-state index contributed by atoms with van der Waals surface area (Å²) < 4.78 is 5.60. The SMILES string of the molecule is Cc1cccc(OCc2ccc([N+](=O)[O-])c(N)c2)c1. The molecule has 0 bridgehead atoms. The number of rotatable bonds is 4. The molecular formula is C14H14N2O3. The average Bonchev–Trinajstić information content (AvgIpc) is 2.36. The Kier molecular flexibility index (Phi) is 3.66. The van der Waals surface area contributed by atoms with E-state index in [-0.39, 0.29) is 11.4 Å². The predicted molar refractivity (Wildman–Crippen MR) is 73.0 cm³/mol. The molecule has 2 aromatic carbocycles. The molecule has 0 heterocycles. The Morgan fingerprint density at radius 3 is 2.68 bits per heavy atom. The van der Waals surface area contributed by atoms with Gasteiger partial charge in [0.2, 0.25) is 0 Å². The molecule has 19 heavy (non-hydrogen) atoms. The number of nitro benzene ring substituents is 1. The zero-order valence-corrected chi connectivity index (χ0v) is 10.5. The summed E-state index contributed by atoms with van der Waals surface area (Å²) in [7, 11) is 0. The molecular weight excluding hydrogens is 244 g/mol. The quantitative estimate of drug-likeness (QED) is 0.519. The highest BCUT2D eigenvalue weighted by molar-refractivity contribution is 5.59. The van der Waals surface area contributed by atoms with Crippen LogP contribution in [0.4, 0.5) is 11.4 Å². The topological polar surface area (TPSA) is 78.4 Å². The lowest BCUT2D eigenvalue weighted by Crippen LogP contribution is -2.00. The number of hydrogen-bond acceptors (Lipinski definition) is 4. The fourth-order valence-electron chi connectivity index (χ4n) is 1.73. The van der Waals surface area contributed by atoms with Crippen LogP contribution in [-0.4, -0.2) is 4.92 Å². The predicted octanol–water partition coefficient (Wildman–Crippen LogP) is 3.06. The van der Waals surface area contributed by atoms with Crippen molar-refractivity contribution < 1.29 is 9.66 Å². The van der Waals surface area contributed by atoms with Gasteiger partial charge in [0, 0.05) is 6.07 Å². The Labute approximate surface area is 110 Å². The molecule has 0 radical (unpaired) electrons. The molecule has 2 aromatic rings. The van der Waals surface area contributed by atoms with E-state index in [1.54, 1.807) is 12.1 Å². The molecule has 0 aromatic heterocycles. The third kappa shape index (κ3) is 3.22. The molecule has 0 unspecified atom stereocenters. The maximum absolute atomic E-state index is 10.6. The van der Waals surface area contributed by atoms with Crippen LogP contribution >= 0.6 is 0 Å². The van der Waals surface area contributed by atoms with E-state index >= 15 is 0 Å². The summed E-state index contributed by atoms with van der Waals surface area (Å²) in [6, 6.07) is 12.3. The Hall–Kier alpha value is -2.56. The monoisotopic (exact) mass is 258 g/mol. The van der Waals surface area contributed by atoms with Crippen molar-refractivity contribution in [1.29, 1.82) is 0 Å². The van der Waals surface area contributed by atoms with E-state index in [1.165, 1.54) is 6.07 Å². The third-order valence-corrected chi connectivity index (χ3v) is 2.68. The van der Waals surface area contributed by atoms with Gasteiger partial charge in [-0.15, -0.1) is 0 Å². The van der Waals surface area contributed by atoms with Crippen LogP contribution in [0.15, 0.2) is 42.5 Å². The fourth-order valence-corrected chi connectivity index (χ4v) is 1.73. The first-order valence-corrected chi connectivity index (χ1v) is 5.78.